The Hall–Kier alpha value is -0.690. The van der Waals surface area contributed by atoms with E-state index in [0.29, 0.717) is 19.6 Å². The monoisotopic (exact) mass is 244 g/mol. The van der Waals surface area contributed by atoms with Gasteiger partial charge in [-0.15, -0.1) is 0 Å². The molecule has 3 unspecified atom stereocenters. The highest BCUT2D eigenvalue weighted by Gasteiger charge is 2.30. The van der Waals surface area contributed by atoms with Crippen molar-refractivity contribution in [2.45, 2.75) is 31.2 Å². The maximum Gasteiger partial charge on any atom is 0.234 e. The van der Waals surface area contributed by atoms with Crippen molar-refractivity contribution >= 4 is 5.91 Å². The van der Waals surface area contributed by atoms with E-state index in [0.717, 1.165) is 19.4 Å². The van der Waals surface area contributed by atoms with Gasteiger partial charge in [0.15, 0.2) is 0 Å². The maximum atomic E-state index is 11.6. The number of nitrogens with zero attached hydrogens (tertiary/aromatic N) is 1. The first kappa shape index (κ1) is 12.8. The molecule has 0 saturated carbocycles. The Balaban J connectivity index is 1.63. The molecular weight excluding hydrogens is 224 g/mol. The van der Waals surface area contributed by atoms with E-state index in [2.05, 4.69) is 5.32 Å². The molecule has 2 aliphatic rings. The quantitative estimate of drug-likeness (QED) is 0.550. The molecule has 0 spiro atoms. The zero-order chi connectivity index (χ0) is 12.3. The number of hydrogen-bond donors (Lipinski definition) is 3. The van der Waals surface area contributed by atoms with Crippen LogP contribution in [-0.2, 0) is 9.53 Å². The fourth-order valence-corrected chi connectivity index (χ4v) is 2.27. The van der Waals surface area contributed by atoms with Crippen molar-refractivity contribution < 1.29 is 19.7 Å². The van der Waals surface area contributed by atoms with Gasteiger partial charge in [-0.25, -0.2) is 0 Å². The van der Waals surface area contributed by atoms with E-state index in [4.69, 9.17) is 4.74 Å². The summed E-state index contributed by atoms with van der Waals surface area (Å²) in [6.07, 6.45) is 0.738. The number of hydrogen-bond acceptors (Lipinski definition) is 5. The van der Waals surface area contributed by atoms with Gasteiger partial charge in [0.1, 0.15) is 0 Å². The van der Waals surface area contributed by atoms with Gasteiger partial charge >= 0.3 is 0 Å². The lowest BCUT2D eigenvalue weighted by Gasteiger charge is -2.15. The number of carbonyl (C=O) groups is 1. The number of aliphatic hydroxyl groups is 2. The van der Waals surface area contributed by atoms with Gasteiger partial charge in [-0.3, -0.25) is 9.69 Å². The Morgan fingerprint density at radius 2 is 2.06 bits per heavy atom. The van der Waals surface area contributed by atoms with Crippen molar-refractivity contribution in [3.63, 3.8) is 0 Å². The minimum atomic E-state index is -0.735. The van der Waals surface area contributed by atoms with E-state index in [1.165, 1.54) is 0 Å². The molecule has 0 aromatic heterocycles. The Morgan fingerprint density at radius 1 is 1.35 bits per heavy atom. The third-order valence-corrected chi connectivity index (χ3v) is 3.25. The number of rotatable bonds is 4. The molecule has 3 atom stereocenters. The van der Waals surface area contributed by atoms with Crippen molar-refractivity contribution in [2.24, 2.45) is 0 Å². The fraction of sp³-hybridized carbons (Fsp3) is 0.909. The van der Waals surface area contributed by atoms with Crippen LogP contribution in [0.1, 0.15) is 12.8 Å². The van der Waals surface area contributed by atoms with Crippen LogP contribution in [0.3, 0.4) is 0 Å². The highest BCUT2D eigenvalue weighted by atomic mass is 16.5. The minimum absolute atomic E-state index is 0.0817. The standard InChI is InChI=1S/C11H20N2O4/c14-9-5-13(6-10(9)15)7-11(16)12-4-8-2-1-3-17-8/h8-10,14-15H,1-7H2,(H,12,16). The van der Waals surface area contributed by atoms with Crippen LogP contribution >= 0.6 is 0 Å². The Morgan fingerprint density at radius 3 is 2.65 bits per heavy atom. The zero-order valence-electron chi connectivity index (χ0n) is 9.84. The van der Waals surface area contributed by atoms with Gasteiger partial charge in [0.2, 0.25) is 5.91 Å². The molecule has 2 heterocycles. The lowest BCUT2D eigenvalue weighted by molar-refractivity contribution is -0.122. The Kier molecular flexibility index (Phi) is 4.33. The molecule has 0 bridgehead atoms. The minimum Gasteiger partial charge on any atom is -0.389 e. The highest BCUT2D eigenvalue weighted by molar-refractivity contribution is 5.78. The fourth-order valence-electron chi connectivity index (χ4n) is 2.27. The first-order valence-electron chi connectivity index (χ1n) is 6.12. The average molecular weight is 244 g/mol. The van der Waals surface area contributed by atoms with Crippen LogP contribution < -0.4 is 5.32 Å². The third-order valence-electron chi connectivity index (χ3n) is 3.25. The van der Waals surface area contributed by atoms with Crippen molar-refractivity contribution in [2.75, 3.05) is 32.8 Å². The molecule has 1 amide bonds. The van der Waals surface area contributed by atoms with Crippen LogP contribution in [0.5, 0.6) is 0 Å². The van der Waals surface area contributed by atoms with Crippen molar-refractivity contribution in [1.29, 1.82) is 0 Å². The Labute approximate surface area is 101 Å². The Bertz CT molecular complexity index is 258. The predicted octanol–water partition coefficient (Wildman–Crippen LogP) is -1.68. The molecule has 6 heteroatoms. The molecule has 2 fully saturated rings. The molecule has 3 N–H and O–H groups in total. The van der Waals surface area contributed by atoms with Crippen LogP contribution in [0.15, 0.2) is 0 Å². The summed E-state index contributed by atoms with van der Waals surface area (Å²) < 4.78 is 5.40. The van der Waals surface area contributed by atoms with Crippen molar-refractivity contribution in [3.05, 3.63) is 0 Å². The number of likely N-dealkylation sites (tertiary alicyclic amines) is 1. The second-order valence-electron chi connectivity index (χ2n) is 4.77. The number of β-amino-alcohol motifs (C(OH)–C–C–N with tert-alkyl or cyclic N) is 2. The second-order valence-corrected chi connectivity index (χ2v) is 4.77. The van der Waals surface area contributed by atoms with E-state index in [1.807, 2.05) is 0 Å². The van der Waals surface area contributed by atoms with Crippen LogP contribution in [-0.4, -0.2) is 72.1 Å². The van der Waals surface area contributed by atoms with E-state index in [9.17, 15) is 15.0 Å². The number of carbonyl (C=O) groups excluding carboxylic acids is 1. The molecule has 0 radical (unpaired) electrons. The topological polar surface area (TPSA) is 82.0 Å². The summed E-state index contributed by atoms with van der Waals surface area (Å²) in [7, 11) is 0. The maximum absolute atomic E-state index is 11.6. The molecule has 0 aromatic carbocycles. The number of aliphatic hydroxyl groups excluding tert-OH is 2. The van der Waals surface area contributed by atoms with Gasteiger partial charge in [0.25, 0.3) is 0 Å². The van der Waals surface area contributed by atoms with Gasteiger partial charge in [-0.2, -0.15) is 0 Å². The molecule has 2 aliphatic heterocycles. The summed E-state index contributed by atoms with van der Waals surface area (Å²) in [5.41, 5.74) is 0. The SMILES string of the molecule is O=C(CN1CC(O)C(O)C1)NCC1CCCO1. The van der Waals surface area contributed by atoms with Crippen molar-refractivity contribution in [1.82, 2.24) is 10.2 Å². The molecule has 17 heavy (non-hydrogen) atoms. The largest absolute Gasteiger partial charge is 0.389 e. The van der Waals surface area contributed by atoms with Crippen LogP contribution in [0.2, 0.25) is 0 Å². The number of ether oxygens (including phenoxy) is 1. The first-order valence-corrected chi connectivity index (χ1v) is 6.12. The third kappa shape index (κ3) is 3.64. The molecule has 0 aromatic rings. The van der Waals surface area contributed by atoms with Gasteiger partial charge in [0, 0.05) is 26.2 Å². The van der Waals surface area contributed by atoms with Crippen molar-refractivity contribution in [3.8, 4) is 0 Å². The zero-order valence-corrected chi connectivity index (χ0v) is 9.84. The summed E-state index contributed by atoms with van der Waals surface area (Å²) >= 11 is 0. The smallest absolute Gasteiger partial charge is 0.234 e. The summed E-state index contributed by atoms with van der Waals surface area (Å²) in [5, 5.41) is 21.5. The van der Waals surface area contributed by atoms with E-state index < -0.39 is 12.2 Å². The number of amides is 1. The highest BCUT2D eigenvalue weighted by Crippen LogP contribution is 2.11. The van der Waals surface area contributed by atoms with Gasteiger partial charge in [-0.05, 0) is 12.8 Å². The molecule has 0 aliphatic carbocycles. The van der Waals surface area contributed by atoms with Gasteiger partial charge in [0.05, 0.1) is 24.9 Å². The second kappa shape index (κ2) is 5.77. The summed E-state index contributed by atoms with van der Waals surface area (Å²) in [6, 6.07) is 0. The normalized spacial score (nSPS) is 34.1. The summed E-state index contributed by atoms with van der Waals surface area (Å²) in [4.78, 5) is 13.3. The van der Waals surface area contributed by atoms with Crippen LogP contribution in [0.4, 0.5) is 0 Å². The molecule has 2 rings (SSSR count). The van der Waals surface area contributed by atoms with E-state index >= 15 is 0 Å². The average Bonchev–Trinajstić information content (AvgIpc) is 2.87. The van der Waals surface area contributed by atoms with Gasteiger partial charge in [-0.1, -0.05) is 0 Å². The predicted molar refractivity (Wildman–Crippen MR) is 60.4 cm³/mol. The van der Waals surface area contributed by atoms with Crippen LogP contribution in [0, 0.1) is 0 Å². The molecule has 6 nitrogen and oxygen atoms in total. The molecule has 2 saturated heterocycles. The van der Waals surface area contributed by atoms with E-state index in [-0.39, 0.29) is 18.6 Å². The molecule has 98 valence electrons. The van der Waals surface area contributed by atoms with Gasteiger partial charge < -0.3 is 20.3 Å². The van der Waals surface area contributed by atoms with E-state index in [1.54, 1.807) is 4.90 Å². The summed E-state index contributed by atoms with van der Waals surface area (Å²) in [6.45, 7) is 2.27. The number of nitrogens with one attached hydrogen (secondary N) is 1. The first-order chi connectivity index (χ1) is 8.15. The molecular formula is C11H20N2O4. The van der Waals surface area contributed by atoms with Crippen LogP contribution in [0.25, 0.3) is 0 Å². The summed E-state index contributed by atoms with van der Waals surface area (Å²) in [5.74, 6) is -0.0817. The lowest BCUT2D eigenvalue weighted by Crippen LogP contribution is -2.39. The lowest BCUT2D eigenvalue weighted by atomic mass is 10.2.